The Morgan fingerprint density at radius 1 is 1.33 bits per heavy atom. The van der Waals surface area contributed by atoms with Crippen molar-refractivity contribution in [2.75, 3.05) is 0 Å². The van der Waals surface area contributed by atoms with Gasteiger partial charge in [0.15, 0.2) is 0 Å². The summed E-state index contributed by atoms with van der Waals surface area (Å²) in [5.41, 5.74) is 0.206. The van der Waals surface area contributed by atoms with E-state index < -0.39 is 5.97 Å². The van der Waals surface area contributed by atoms with Crippen LogP contribution in [-0.4, -0.2) is 27.5 Å². The van der Waals surface area contributed by atoms with E-state index >= 15 is 0 Å². The number of thiophene rings is 1. The molecule has 1 N–H and O–H groups in total. The van der Waals surface area contributed by atoms with Crippen LogP contribution in [0.2, 0.25) is 0 Å². The van der Waals surface area contributed by atoms with E-state index in [2.05, 4.69) is 10.3 Å². The lowest BCUT2D eigenvalue weighted by Gasteiger charge is -2.21. The minimum atomic E-state index is -0.399. The zero-order chi connectivity index (χ0) is 21.1. The summed E-state index contributed by atoms with van der Waals surface area (Å²) in [5, 5.41) is 3.06. The molecule has 1 saturated carbocycles. The molecule has 3 aromatic heterocycles. The second kappa shape index (κ2) is 8.83. The van der Waals surface area contributed by atoms with E-state index in [0.29, 0.717) is 26.4 Å². The molecule has 4 rings (SSSR count). The summed E-state index contributed by atoms with van der Waals surface area (Å²) >= 11 is 1.16. The molecule has 1 aliphatic rings. The number of esters is 1. The first kappa shape index (κ1) is 20.3. The number of furan rings is 1. The molecular weight excluding hydrogens is 406 g/mol. The first-order valence-corrected chi connectivity index (χ1v) is 10.8. The number of carbonyl (C=O) groups is 2. The van der Waals surface area contributed by atoms with Crippen LogP contribution in [0.3, 0.4) is 0 Å². The third-order valence-corrected chi connectivity index (χ3v) is 6.46. The van der Waals surface area contributed by atoms with Gasteiger partial charge in [-0.25, -0.2) is 9.78 Å². The van der Waals surface area contributed by atoms with E-state index in [-0.39, 0.29) is 30.7 Å². The molecule has 1 aliphatic carbocycles. The molecule has 0 saturated heterocycles. The normalized spacial score (nSPS) is 14.7. The molecular formula is C21H23N3O5S. The van der Waals surface area contributed by atoms with E-state index in [4.69, 9.17) is 9.15 Å². The summed E-state index contributed by atoms with van der Waals surface area (Å²) in [6, 6.07) is 3.49. The molecule has 3 aromatic rings. The highest BCUT2D eigenvalue weighted by molar-refractivity contribution is 7.20. The summed E-state index contributed by atoms with van der Waals surface area (Å²) in [7, 11) is 0. The Hall–Kier alpha value is -2.94. The van der Waals surface area contributed by atoms with Crippen LogP contribution in [0.5, 0.6) is 0 Å². The highest BCUT2D eigenvalue weighted by Gasteiger charge is 2.24. The molecule has 8 nitrogen and oxygen atoms in total. The Morgan fingerprint density at radius 3 is 2.87 bits per heavy atom. The third kappa shape index (κ3) is 4.30. The van der Waals surface area contributed by atoms with Gasteiger partial charge in [0.05, 0.1) is 24.5 Å². The maximum atomic E-state index is 12.9. The number of hydrogen-bond acceptors (Lipinski definition) is 7. The van der Waals surface area contributed by atoms with Gasteiger partial charge in [-0.1, -0.05) is 6.42 Å². The number of fused-ring (bicyclic) bond motifs is 1. The quantitative estimate of drug-likeness (QED) is 0.604. The monoisotopic (exact) mass is 429 g/mol. The Labute approximate surface area is 176 Å². The van der Waals surface area contributed by atoms with Crippen molar-refractivity contribution in [3.8, 4) is 0 Å². The summed E-state index contributed by atoms with van der Waals surface area (Å²) in [6.07, 6.45) is 7.88. The molecule has 0 aromatic carbocycles. The topological polar surface area (TPSA) is 103 Å². The van der Waals surface area contributed by atoms with Gasteiger partial charge in [-0.3, -0.25) is 14.2 Å². The van der Waals surface area contributed by atoms with Crippen molar-refractivity contribution >= 4 is 33.4 Å². The summed E-state index contributed by atoms with van der Waals surface area (Å²) in [6.45, 7) is 1.80. The molecule has 0 atom stereocenters. The standard InChI is InChI=1S/C21H23N3O5S/c1-13-17-19(30-18(13)21(27)29-14-6-3-2-4-7-14)23-12-24(20(17)26)11-16(25)22-10-15-8-5-9-28-15/h5,8-9,12,14H,2-4,6-7,10-11H2,1H3,(H,22,25). The Balaban J connectivity index is 1.50. The molecule has 30 heavy (non-hydrogen) atoms. The number of hydrogen-bond donors (Lipinski definition) is 1. The predicted octanol–water partition coefficient (Wildman–Crippen LogP) is 3.17. The zero-order valence-corrected chi connectivity index (χ0v) is 17.5. The first-order valence-electron chi connectivity index (χ1n) is 10.0. The number of nitrogens with zero attached hydrogens (tertiary/aromatic N) is 2. The van der Waals surface area contributed by atoms with Gasteiger partial charge in [0, 0.05) is 0 Å². The number of carbonyl (C=O) groups excluding carboxylic acids is 2. The molecule has 9 heteroatoms. The lowest BCUT2D eigenvalue weighted by atomic mass is 9.98. The second-order valence-electron chi connectivity index (χ2n) is 7.44. The number of rotatable bonds is 6. The van der Waals surface area contributed by atoms with Crippen LogP contribution in [0, 0.1) is 6.92 Å². The van der Waals surface area contributed by atoms with Crippen LogP contribution in [0.1, 0.15) is 53.1 Å². The molecule has 1 fully saturated rings. The number of ether oxygens (including phenoxy) is 1. The number of aryl methyl sites for hydroxylation is 1. The zero-order valence-electron chi connectivity index (χ0n) is 16.7. The maximum Gasteiger partial charge on any atom is 0.348 e. The van der Waals surface area contributed by atoms with Crippen LogP contribution in [-0.2, 0) is 22.6 Å². The largest absolute Gasteiger partial charge is 0.467 e. The average Bonchev–Trinajstić information content (AvgIpc) is 3.37. The summed E-state index contributed by atoms with van der Waals surface area (Å²) < 4.78 is 12.1. The molecule has 158 valence electrons. The lowest BCUT2D eigenvalue weighted by Crippen LogP contribution is -2.32. The first-order chi connectivity index (χ1) is 14.5. The van der Waals surface area contributed by atoms with Crippen LogP contribution in [0.25, 0.3) is 10.2 Å². The van der Waals surface area contributed by atoms with E-state index in [1.165, 1.54) is 23.6 Å². The van der Waals surface area contributed by atoms with Crippen molar-refractivity contribution in [3.63, 3.8) is 0 Å². The third-order valence-electron chi connectivity index (χ3n) is 5.28. The Bertz CT molecular complexity index is 1110. The number of amides is 1. The number of nitrogens with one attached hydrogen (secondary N) is 1. The van der Waals surface area contributed by atoms with Gasteiger partial charge in [0.1, 0.15) is 28.1 Å². The average molecular weight is 429 g/mol. The van der Waals surface area contributed by atoms with Crippen molar-refractivity contribution in [1.29, 1.82) is 0 Å². The Kier molecular flexibility index (Phi) is 5.98. The van der Waals surface area contributed by atoms with Gasteiger partial charge >= 0.3 is 5.97 Å². The van der Waals surface area contributed by atoms with E-state index in [1.807, 2.05) is 0 Å². The van der Waals surface area contributed by atoms with Crippen LogP contribution in [0.4, 0.5) is 0 Å². The van der Waals surface area contributed by atoms with Gasteiger partial charge < -0.3 is 14.5 Å². The molecule has 1 amide bonds. The van der Waals surface area contributed by atoms with Gasteiger partial charge in [-0.05, 0) is 50.3 Å². The van der Waals surface area contributed by atoms with E-state index in [0.717, 1.165) is 37.0 Å². The van der Waals surface area contributed by atoms with Crippen molar-refractivity contribution in [2.24, 2.45) is 0 Å². The van der Waals surface area contributed by atoms with Gasteiger partial charge in [0.25, 0.3) is 5.56 Å². The highest BCUT2D eigenvalue weighted by Crippen LogP contribution is 2.29. The van der Waals surface area contributed by atoms with Crippen LogP contribution >= 0.6 is 11.3 Å². The van der Waals surface area contributed by atoms with Gasteiger partial charge in [0.2, 0.25) is 5.91 Å². The second-order valence-corrected chi connectivity index (χ2v) is 8.43. The summed E-state index contributed by atoms with van der Waals surface area (Å²) in [5.74, 6) is -0.108. The van der Waals surface area contributed by atoms with Crippen molar-refractivity contribution < 1.29 is 18.7 Å². The molecule has 0 bridgehead atoms. The molecule has 0 radical (unpaired) electrons. The van der Waals surface area contributed by atoms with Crippen LogP contribution < -0.4 is 10.9 Å². The van der Waals surface area contributed by atoms with Gasteiger partial charge in [-0.15, -0.1) is 11.3 Å². The Morgan fingerprint density at radius 2 is 2.13 bits per heavy atom. The van der Waals surface area contributed by atoms with Gasteiger partial charge in [-0.2, -0.15) is 0 Å². The SMILES string of the molecule is Cc1c(C(=O)OC2CCCCC2)sc2ncn(CC(=O)NCc3ccco3)c(=O)c12. The smallest absolute Gasteiger partial charge is 0.348 e. The van der Waals surface area contributed by atoms with Crippen molar-refractivity contribution in [2.45, 2.75) is 58.2 Å². The predicted molar refractivity (Wildman–Crippen MR) is 111 cm³/mol. The lowest BCUT2D eigenvalue weighted by molar-refractivity contribution is -0.122. The minimum Gasteiger partial charge on any atom is -0.467 e. The fraction of sp³-hybridized carbons (Fsp3) is 0.429. The molecule has 3 heterocycles. The fourth-order valence-electron chi connectivity index (χ4n) is 3.66. The van der Waals surface area contributed by atoms with Crippen molar-refractivity contribution in [3.05, 3.63) is 51.3 Å². The molecule has 0 aliphatic heterocycles. The summed E-state index contributed by atoms with van der Waals surface area (Å²) in [4.78, 5) is 42.9. The van der Waals surface area contributed by atoms with Crippen molar-refractivity contribution in [1.82, 2.24) is 14.9 Å². The minimum absolute atomic E-state index is 0.0571. The highest BCUT2D eigenvalue weighted by atomic mass is 32.1. The molecule has 0 unspecified atom stereocenters. The van der Waals surface area contributed by atoms with Crippen LogP contribution in [0.15, 0.2) is 33.9 Å². The fourth-order valence-corrected chi connectivity index (χ4v) is 4.69. The van der Waals surface area contributed by atoms with E-state index in [1.54, 1.807) is 19.1 Å². The molecule has 0 spiro atoms. The van der Waals surface area contributed by atoms with E-state index in [9.17, 15) is 14.4 Å². The maximum absolute atomic E-state index is 12.9. The number of aromatic nitrogens is 2.